The number of nitrogens with zero attached hydrogens (tertiary/aromatic N) is 1. The number of hydrogen-bond acceptors (Lipinski definition) is 4. The fraction of sp³-hybridized carbons (Fsp3) is 0.316. The summed E-state index contributed by atoms with van der Waals surface area (Å²) in [6, 6.07) is 9.12. The van der Waals surface area contributed by atoms with E-state index in [1.54, 1.807) is 0 Å². The van der Waals surface area contributed by atoms with E-state index in [0.29, 0.717) is 13.1 Å². The van der Waals surface area contributed by atoms with Gasteiger partial charge in [-0.25, -0.2) is 8.42 Å². The topological polar surface area (TPSA) is 75.7 Å². The Bertz CT molecular complexity index is 1020. The molecule has 0 atom stereocenters. The van der Waals surface area contributed by atoms with E-state index < -0.39 is 28.7 Å². The van der Waals surface area contributed by atoms with Gasteiger partial charge in [0.1, 0.15) is 5.75 Å². The van der Waals surface area contributed by atoms with Gasteiger partial charge in [0.2, 0.25) is 10.0 Å². The number of amides is 1. The molecule has 0 bridgehead atoms. The lowest BCUT2D eigenvalue weighted by molar-refractivity contribution is -0.153. The van der Waals surface area contributed by atoms with Gasteiger partial charge in [-0.1, -0.05) is 11.6 Å². The molecule has 11 heteroatoms. The number of rotatable bonds is 6. The van der Waals surface area contributed by atoms with Crippen molar-refractivity contribution in [2.45, 2.75) is 23.9 Å². The summed E-state index contributed by atoms with van der Waals surface area (Å²) < 4.78 is 68.5. The molecule has 0 aromatic heterocycles. The molecule has 1 aliphatic heterocycles. The molecule has 0 unspecified atom stereocenters. The summed E-state index contributed by atoms with van der Waals surface area (Å²) in [5.41, 5.74) is 0.0858. The maximum absolute atomic E-state index is 12.5. The average Bonchev–Trinajstić information content (AvgIpc) is 3.22. The summed E-state index contributed by atoms with van der Waals surface area (Å²) in [7, 11) is -3.62. The molecule has 0 spiro atoms. The smallest absolute Gasteiger partial charge is 0.422 e. The van der Waals surface area contributed by atoms with Crippen LogP contribution in [-0.4, -0.2) is 44.5 Å². The molecule has 6 nitrogen and oxygen atoms in total. The molecular weight excluding hydrogens is 445 g/mol. The molecule has 1 aliphatic rings. The van der Waals surface area contributed by atoms with Crippen molar-refractivity contribution in [2.75, 3.05) is 25.0 Å². The Morgan fingerprint density at radius 1 is 1.10 bits per heavy atom. The minimum absolute atomic E-state index is 0.0366. The second kappa shape index (κ2) is 8.83. The number of benzene rings is 2. The second-order valence-corrected chi connectivity index (χ2v) is 9.01. The highest BCUT2D eigenvalue weighted by molar-refractivity contribution is 7.89. The first-order chi connectivity index (χ1) is 14.1. The minimum Gasteiger partial charge on any atom is -0.482 e. The summed E-state index contributed by atoms with van der Waals surface area (Å²) >= 11 is 5.87. The fourth-order valence-corrected chi connectivity index (χ4v) is 4.62. The van der Waals surface area contributed by atoms with Crippen LogP contribution in [0.15, 0.2) is 47.4 Å². The Hall–Kier alpha value is -2.30. The largest absolute Gasteiger partial charge is 0.482 e. The standard InChI is InChI=1S/C19H18ClF3N2O4S/c20-14-5-8-17(29-12-19(21,22)23)16(11-14)24-18(26)13-3-6-15(7-4-13)30(27,28)25-9-1-2-10-25/h3-8,11H,1-2,9-10,12H2,(H,24,26). The van der Waals surface area contributed by atoms with Crippen molar-refractivity contribution in [1.82, 2.24) is 4.31 Å². The van der Waals surface area contributed by atoms with Crippen LogP contribution in [0.2, 0.25) is 5.02 Å². The van der Waals surface area contributed by atoms with Gasteiger partial charge in [-0.05, 0) is 55.3 Å². The van der Waals surface area contributed by atoms with E-state index in [1.807, 2.05) is 0 Å². The quantitative estimate of drug-likeness (QED) is 0.693. The lowest BCUT2D eigenvalue weighted by Gasteiger charge is -2.16. The molecule has 0 radical (unpaired) electrons. The first-order valence-electron chi connectivity index (χ1n) is 8.97. The van der Waals surface area contributed by atoms with E-state index >= 15 is 0 Å². The van der Waals surface area contributed by atoms with Crippen molar-refractivity contribution in [1.29, 1.82) is 0 Å². The molecule has 30 heavy (non-hydrogen) atoms. The van der Waals surface area contributed by atoms with Crippen molar-refractivity contribution < 1.29 is 31.1 Å². The lowest BCUT2D eigenvalue weighted by Crippen LogP contribution is -2.27. The van der Waals surface area contributed by atoms with Gasteiger partial charge in [-0.2, -0.15) is 17.5 Å². The van der Waals surface area contributed by atoms with Gasteiger partial charge in [0.05, 0.1) is 10.6 Å². The second-order valence-electron chi connectivity index (χ2n) is 6.63. The van der Waals surface area contributed by atoms with Crippen LogP contribution >= 0.6 is 11.6 Å². The summed E-state index contributed by atoms with van der Waals surface area (Å²) in [4.78, 5) is 12.6. The number of carbonyl (C=O) groups excluding carboxylic acids is 1. The summed E-state index contributed by atoms with van der Waals surface area (Å²) in [5, 5.41) is 2.63. The Labute approximate surface area is 176 Å². The van der Waals surface area contributed by atoms with Crippen LogP contribution < -0.4 is 10.1 Å². The number of ether oxygens (including phenoxy) is 1. The number of carbonyl (C=O) groups is 1. The number of hydrogen-bond donors (Lipinski definition) is 1. The first kappa shape index (κ1) is 22.4. The van der Waals surface area contributed by atoms with Crippen molar-refractivity contribution in [3.8, 4) is 5.75 Å². The molecule has 2 aromatic carbocycles. The van der Waals surface area contributed by atoms with E-state index in [4.69, 9.17) is 16.3 Å². The van der Waals surface area contributed by atoms with Crippen LogP contribution in [0.3, 0.4) is 0 Å². The molecule has 1 fully saturated rings. The highest BCUT2D eigenvalue weighted by Gasteiger charge is 2.29. The van der Waals surface area contributed by atoms with Crippen molar-refractivity contribution in [3.05, 3.63) is 53.1 Å². The maximum atomic E-state index is 12.5. The number of halogens is 4. The van der Waals surface area contributed by atoms with Gasteiger partial charge in [0.25, 0.3) is 5.91 Å². The fourth-order valence-electron chi connectivity index (χ4n) is 2.94. The number of alkyl halides is 3. The van der Waals surface area contributed by atoms with Gasteiger partial charge in [-0.3, -0.25) is 4.79 Å². The van der Waals surface area contributed by atoms with Crippen LogP contribution in [-0.2, 0) is 10.0 Å². The van der Waals surface area contributed by atoms with Crippen LogP contribution in [0.4, 0.5) is 18.9 Å². The predicted octanol–water partition coefficient (Wildman–Crippen LogP) is 4.32. The molecule has 3 rings (SSSR count). The SMILES string of the molecule is O=C(Nc1cc(Cl)ccc1OCC(F)(F)F)c1ccc(S(=O)(=O)N2CCCC2)cc1. The van der Waals surface area contributed by atoms with Gasteiger partial charge in [-0.15, -0.1) is 0 Å². The van der Waals surface area contributed by atoms with Crippen LogP contribution in [0.5, 0.6) is 5.75 Å². The number of sulfonamides is 1. The molecule has 0 aliphatic carbocycles. The molecule has 0 saturated carbocycles. The van der Waals surface area contributed by atoms with Gasteiger partial charge in [0, 0.05) is 23.7 Å². The van der Waals surface area contributed by atoms with Crippen molar-refractivity contribution in [2.24, 2.45) is 0 Å². The zero-order chi connectivity index (χ0) is 21.9. The maximum Gasteiger partial charge on any atom is 0.422 e. The summed E-state index contributed by atoms with van der Waals surface area (Å²) in [6.07, 6.45) is -2.94. The zero-order valence-electron chi connectivity index (χ0n) is 15.6. The third kappa shape index (κ3) is 5.44. The molecular formula is C19H18ClF3N2O4S. The van der Waals surface area contributed by atoms with Crippen LogP contribution in [0, 0.1) is 0 Å². The molecule has 1 N–H and O–H groups in total. The third-order valence-electron chi connectivity index (χ3n) is 4.40. The third-order valence-corrected chi connectivity index (χ3v) is 6.55. The van der Waals surface area contributed by atoms with Gasteiger partial charge < -0.3 is 10.1 Å². The van der Waals surface area contributed by atoms with E-state index in [9.17, 15) is 26.4 Å². The van der Waals surface area contributed by atoms with E-state index in [1.165, 1.54) is 46.8 Å². The Morgan fingerprint density at radius 3 is 2.33 bits per heavy atom. The highest BCUT2D eigenvalue weighted by Crippen LogP contribution is 2.30. The number of nitrogens with one attached hydrogen (secondary N) is 1. The van der Waals surface area contributed by atoms with Gasteiger partial charge in [0.15, 0.2) is 6.61 Å². The predicted molar refractivity (Wildman–Crippen MR) is 105 cm³/mol. The Balaban J connectivity index is 1.75. The zero-order valence-corrected chi connectivity index (χ0v) is 17.1. The van der Waals surface area contributed by atoms with Gasteiger partial charge >= 0.3 is 6.18 Å². The van der Waals surface area contributed by atoms with Crippen molar-refractivity contribution in [3.63, 3.8) is 0 Å². The molecule has 2 aromatic rings. The van der Waals surface area contributed by atoms with Crippen LogP contribution in [0.1, 0.15) is 23.2 Å². The molecule has 1 heterocycles. The minimum atomic E-state index is -4.54. The summed E-state index contributed by atoms with van der Waals surface area (Å²) in [5.74, 6) is -0.849. The van der Waals surface area contributed by atoms with Crippen LogP contribution in [0.25, 0.3) is 0 Å². The molecule has 1 amide bonds. The Kier molecular flexibility index (Phi) is 6.59. The van der Waals surface area contributed by atoms with E-state index in [2.05, 4.69) is 5.32 Å². The molecule has 162 valence electrons. The average molecular weight is 463 g/mol. The van der Waals surface area contributed by atoms with E-state index in [-0.39, 0.29) is 26.9 Å². The molecule has 1 saturated heterocycles. The normalized spacial score (nSPS) is 15.2. The van der Waals surface area contributed by atoms with Crippen molar-refractivity contribution >= 4 is 33.2 Å². The first-order valence-corrected chi connectivity index (χ1v) is 10.8. The Morgan fingerprint density at radius 2 is 1.73 bits per heavy atom. The number of anilines is 1. The highest BCUT2D eigenvalue weighted by atomic mass is 35.5. The lowest BCUT2D eigenvalue weighted by atomic mass is 10.2. The monoisotopic (exact) mass is 462 g/mol. The summed E-state index contributed by atoms with van der Waals surface area (Å²) in [6.45, 7) is -0.610. The van der Waals surface area contributed by atoms with E-state index in [0.717, 1.165) is 12.8 Å².